The maximum Gasteiger partial charge on any atom is 0.247 e. The predicted octanol–water partition coefficient (Wildman–Crippen LogP) is 1.42. The first-order valence-corrected chi connectivity index (χ1v) is 7.30. The Morgan fingerprint density at radius 3 is 2.80 bits per heavy atom. The summed E-state index contributed by atoms with van der Waals surface area (Å²) >= 11 is 0. The molecule has 1 aliphatic carbocycles. The molecular weight excluding hydrogens is 252 g/mol. The number of hydrogen-bond acceptors (Lipinski definition) is 3. The normalized spacial score (nSPS) is 22.6. The Kier molecular flexibility index (Phi) is 3.57. The fourth-order valence-corrected chi connectivity index (χ4v) is 2.79. The third-order valence-electron chi connectivity index (χ3n) is 3.98. The van der Waals surface area contributed by atoms with Crippen LogP contribution in [0, 0.1) is 6.92 Å². The maximum absolute atomic E-state index is 12.1. The second kappa shape index (κ2) is 5.37. The van der Waals surface area contributed by atoms with E-state index in [4.69, 9.17) is 0 Å². The first-order valence-electron chi connectivity index (χ1n) is 7.30. The lowest BCUT2D eigenvalue weighted by Gasteiger charge is -2.14. The lowest BCUT2D eigenvalue weighted by molar-refractivity contribution is -0.139. The van der Waals surface area contributed by atoms with Gasteiger partial charge in [0.2, 0.25) is 11.8 Å². The molecule has 2 fully saturated rings. The first kappa shape index (κ1) is 13.3. The Morgan fingerprint density at radius 1 is 1.30 bits per heavy atom. The molecule has 1 N–H and O–H groups in total. The van der Waals surface area contributed by atoms with E-state index in [0.717, 1.165) is 25.8 Å². The molecule has 4 nitrogen and oxygen atoms in total. The van der Waals surface area contributed by atoms with Gasteiger partial charge in [-0.3, -0.25) is 14.5 Å². The number of carbonyl (C=O) groups excluding carboxylic acids is 2. The van der Waals surface area contributed by atoms with E-state index in [2.05, 4.69) is 30.4 Å². The highest BCUT2D eigenvalue weighted by atomic mass is 16.2. The van der Waals surface area contributed by atoms with E-state index in [9.17, 15) is 9.59 Å². The van der Waals surface area contributed by atoms with Crippen molar-refractivity contribution in [2.45, 2.75) is 44.7 Å². The zero-order chi connectivity index (χ0) is 14.1. The molecule has 1 aromatic carbocycles. The zero-order valence-electron chi connectivity index (χ0n) is 11.8. The van der Waals surface area contributed by atoms with Crippen molar-refractivity contribution in [1.82, 2.24) is 10.2 Å². The molecule has 1 unspecified atom stereocenters. The van der Waals surface area contributed by atoms with Crippen LogP contribution in [-0.2, 0) is 16.0 Å². The lowest BCUT2D eigenvalue weighted by atomic mass is 10.1. The van der Waals surface area contributed by atoms with Gasteiger partial charge in [0, 0.05) is 6.04 Å². The van der Waals surface area contributed by atoms with Crippen molar-refractivity contribution in [2.24, 2.45) is 0 Å². The zero-order valence-corrected chi connectivity index (χ0v) is 11.8. The van der Waals surface area contributed by atoms with Crippen LogP contribution in [0.4, 0.5) is 0 Å². The van der Waals surface area contributed by atoms with Gasteiger partial charge in [0.05, 0.1) is 12.5 Å². The van der Waals surface area contributed by atoms with E-state index < -0.39 is 0 Å². The number of benzene rings is 1. The molecular formula is C16H20N2O2. The van der Waals surface area contributed by atoms with Crippen molar-refractivity contribution in [3.63, 3.8) is 0 Å². The molecule has 0 bridgehead atoms. The smallest absolute Gasteiger partial charge is 0.247 e. The van der Waals surface area contributed by atoms with E-state index in [1.165, 1.54) is 16.0 Å². The number of aryl methyl sites for hydroxylation is 1. The maximum atomic E-state index is 12.1. The fraction of sp³-hybridized carbons (Fsp3) is 0.500. The van der Waals surface area contributed by atoms with Gasteiger partial charge in [-0.25, -0.2) is 0 Å². The lowest BCUT2D eigenvalue weighted by Crippen LogP contribution is -2.40. The molecule has 20 heavy (non-hydrogen) atoms. The van der Waals surface area contributed by atoms with Gasteiger partial charge in [-0.2, -0.15) is 0 Å². The molecule has 1 heterocycles. The Bertz CT molecular complexity index is 537. The van der Waals surface area contributed by atoms with Crippen molar-refractivity contribution in [1.29, 1.82) is 0 Å². The molecule has 2 amide bonds. The summed E-state index contributed by atoms with van der Waals surface area (Å²) in [5.74, 6) is -0.0349. The molecule has 106 valence electrons. The fourth-order valence-electron chi connectivity index (χ4n) is 2.79. The molecule has 0 spiro atoms. The van der Waals surface area contributed by atoms with Crippen molar-refractivity contribution in [3.05, 3.63) is 35.4 Å². The van der Waals surface area contributed by atoms with Crippen molar-refractivity contribution in [3.8, 4) is 0 Å². The summed E-state index contributed by atoms with van der Waals surface area (Å²) < 4.78 is 0. The topological polar surface area (TPSA) is 49.4 Å². The largest absolute Gasteiger partial charge is 0.305 e. The van der Waals surface area contributed by atoms with Crippen molar-refractivity contribution in [2.75, 3.05) is 6.54 Å². The summed E-state index contributed by atoms with van der Waals surface area (Å²) in [6.07, 6.45) is 3.16. The first-order chi connectivity index (χ1) is 9.65. The monoisotopic (exact) mass is 272 g/mol. The van der Waals surface area contributed by atoms with Gasteiger partial charge in [-0.15, -0.1) is 0 Å². The number of carbonyl (C=O) groups is 2. The van der Waals surface area contributed by atoms with Crippen LogP contribution in [-0.4, -0.2) is 35.3 Å². The van der Waals surface area contributed by atoms with E-state index in [0.29, 0.717) is 6.42 Å². The average molecular weight is 272 g/mol. The Hall–Kier alpha value is -1.68. The molecule has 0 radical (unpaired) electrons. The minimum absolute atomic E-state index is 0.00874. The Balaban J connectivity index is 1.51. The number of imide groups is 1. The second-order valence-corrected chi connectivity index (χ2v) is 5.78. The standard InChI is InChI=1S/C16H20N2O2/c1-11-3-2-4-12(9-11)7-8-17-14-10-15(19)18(16(14)20)13-5-6-13/h2-4,9,13-14,17H,5-8,10H2,1H3. The molecule has 4 heteroatoms. The molecule has 1 saturated heterocycles. The van der Waals surface area contributed by atoms with Crippen LogP contribution in [0.2, 0.25) is 0 Å². The Labute approximate surface area is 119 Å². The minimum Gasteiger partial charge on any atom is -0.305 e. The summed E-state index contributed by atoms with van der Waals surface area (Å²) in [7, 11) is 0. The summed E-state index contributed by atoms with van der Waals surface area (Å²) in [4.78, 5) is 25.4. The van der Waals surface area contributed by atoms with Gasteiger partial charge in [-0.1, -0.05) is 29.8 Å². The number of nitrogens with one attached hydrogen (secondary N) is 1. The van der Waals surface area contributed by atoms with Crippen LogP contribution in [0.25, 0.3) is 0 Å². The van der Waals surface area contributed by atoms with Gasteiger partial charge in [-0.05, 0) is 38.3 Å². The van der Waals surface area contributed by atoms with Gasteiger partial charge < -0.3 is 5.32 Å². The summed E-state index contributed by atoms with van der Waals surface area (Å²) in [6.45, 7) is 2.80. The van der Waals surface area contributed by atoms with Crippen LogP contribution in [0.3, 0.4) is 0 Å². The third-order valence-corrected chi connectivity index (χ3v) is 3.98. The van der Waals surface area contributed by atoms with Crippen LogP contribution < -0.4 is 5.32 Å². The van der Waals surface area contributed by atoms with Crippen LogP contribution in [0.15, 0.2) is 24.3 Å². The molecule has 1 aromatic rings. The van der Waals surface area contributed by atoms with Gasteiger partial charge >= 0.3 is 0 Å². The third kappa shape index (κ3) is 2.75. The quantitative estimate of drug-likeness (QED) is 0.825. The van der Waals surface area contributed by atoms with E-state index >= 15 is 0 Å². The van der Waals surface area contributed by atoms with Gasteiger partial charge in [0.15, 0.2) is 0 Å². The summed E-state index contributed by atoms with van der Waals surface area (Å²) in [5.41, 5.74) is 2.50. The van der Waals surface area contributed by atoms with Crippen LogP contribution in [0.1, 0.15) is 30.4 Å². The van der Waals surface area contributed by atoms with E-state index in [1.54, 1.807) is 0 Å². The highest BCUT2D eigenvalue weighted by Crippen LogP contribution is 2.31. The SMILES string of the molecule is Cc1cccc(CCNC2CC(=O)N(C3CC3)C2=O)c1. The highest BCUT2D eigenvalue weighted by Gasteiger charge is 2.45. The number of nitrogens with zero attached hydrogens (tertiary/aromatic N) is 1. The molecule has 1 aliphatic heterocycles. The van der Waals surface area contributed by atoms with Crippen molar-refractivity contribution < 1.29 is 9.59 Å². The predicted molar refractivity (Wildman–Crippen MR) is 76.2 cm³/mol. The second-order valence-electron chi connectivity index (χ2n) is 5.78. The Morgan fingerprint density at radius 2 is 2.10 bits per heavy atom. The number of hydrogen-bond donors (Lipinski definition) is 1. The summed E-state index contributed by atoms with van der Waals surface area (Å²) in [5, 5.41) is 3.23. The molecule has 0 aromatic heterocycles. The number of likely N-dealkylation sites (tertiary alicyclic amines) is 1. The number of amides is 2. The van der Waals surface area contributed by atoms with Crippen molar-refractivity contribution >= 4 is 11.8 Å². The van der Waals surface area contributed by atoms with Gasteiger partial charge in [0.1, 0.15) is 0 Å². The molecule has 3 rings (SSSR count). The minimum atomic E-state index is -0.312. The molecule has 2 aliphatic rings. The van der Waals surface area contributed by atoms with Crippen LogP contribution >= 0.6 is 0 Å². The number of rotatable bonds is 5. The summed E-state index contributed by atoms with van der Waals surface area (Å²) in [6, 6.07) is 8.24. The molecule has 1 atom stereocenters. The molecule has 1 saturated carbocycles. The highest BCUT2D eigenvalue weighted by molar-refractivity contribution is 6.06. The van der Waals surface area contributed by atoms with E-state index in [-0.39, 0.29) is 23.9 Å². The van der Waals surface area contributed by atoms with E-state index in [1.807, 2.05) is 6.07 Å². The average Bonchev–Trinajstić information content (AvgIpc) is 3.18. The van der Waals surface area contributed by atoms with Gasteiger partial charge in [0.25, 0.3) is 0 Å². The van der Waals surface area contributed by atoms with Crippen LogP contribution in [0.5, 0.6) is 0 Å².